The Morgan fingerprint density at radius 3 is 2.65 bits per heavy atom. The van der Waals surface area contributed by atoms with E-state index in [2.05, 4.69) is 5.32 Å². The van der Waals surface area contributed by atoms with Gasteiger partial charge in [-0.3, -0.25) is 9.59 Å². The zero-order valence-corrected chi connectivity index (χ0v) is 10.6. The molecule has 0 aliphatic heterocycles. The molecule has 1 rings (SSSR count). The largest absolute Gasteiger partial charge is 0.497 e. The molecule has 0 heterocycles. The van der Waals surface area contributed by atoms with Crippen LogP contribution in [0.4, 0.5) is 0 Å². The Labute approximate surface area is 109 Å². The van der Waals surface area contributed by atoms with Crippen LogP contribution in [-0.4, -0.2) is 31.2 Å². The van der Waals surface area contributed by atoms with Crippen LogP contribution >= 0.6 is 23.2 Å². The Kier molecular flexibility index (Phi) is 5.25. The molecule has 0 atom stereocenters. The Balaban J connectivity index is 2.74. The summed E-state index contributed by atoms with van der Waals surface area (Å²) in [6.45, 7) is -0.116. The number of carbonyl (C=O) groups excluding carboxylic acids is 2. The topological polar surface area (TPSA) is 55.4 Å². The van der Waals surface area contributed by atoms with Gasteiger partial charge in [-0.15, -0.1) is 11.6 Å². The highest BCUT2D eigenvalue weighted by Gasteiger charge is 2.10. The van der Waals surface area contributed by atoms with Gasteiger partial charge in [0.25, 0.3) is 0 Å². The number of ketones is 1. The van der Waals surface area contributed by atoms with Gasteiger partial charge in [-0.25, -0.2) is 0 Å². The SMILES string of the molecule is COc1cc(Cl)cc(C(=O)CNC(=O)CCl)c1. The molecule has 17 heavy (non-hydrogen) atoms. The molecule has 0 unspecified atom stereocenters. The fourth-order valence-electron chi connectivity index (χ4n) is 1.17. The maximum atomic E-state index is 11.7. The van der Waals surface area contributed by atoms with E-state index in [4.69, 9.17) is 27.9 Å². The molecule has 0 aliphatic rings. The summed E-state index contributed by atoms with van der Waals surface area (Å²) in [4.78, 5) is 22.6. The maximum Gasteiger partial charge on any atom is 0.235 e. The van der Waals surface area contributed by atoms with E-state index in [1.54, 1.807) is 12.1 Å². The molecule has 0 fully saturated rings. The van der Waals surface area contributed by atoms with E-state index in [1.165, 1.54) is 13.2 Å². The van der Waals surface area contributed by atoms with Crippen LogP contribution in [0, 0.1) is 0 Å². The minimum atomic E-state index is -0.394. The number of Topliss-reactive ketones (excluding diaryl/α,β-unsaturated/α-hetero) is 1. The number of hydrogen-bond acceptors (Lipinski definition) is 3. The highest BCUT2D eigenvalue weighted by atomic mass is 35.5. The zero-order valence-electron chi connectivity index (χ0n) is 9.13. The second-order valence-electron chi connectivity index (χ2n) is 3.21. The van der Waals surface area contributed by atoms with Crippen molar-refractivity contribution in [2.24, 2.45) is 0 Å². The molecule has 0 aliphatic carbocycles. The number of hydrogen-bond donors (Lipinski definition) is 1. The molecular weight excluding hydrogens is 265 g/mol. The van der Waals surface area contributed by atoms with Crippen molar-refractivity contribution >= 4 is 34.9 Å². The van der Waals surface area contributed by atoms with Crippen molar-refractivity contribution in [3.05, 3.63) is 28.8 Å². The number of amides is 1. The smallest absolute Gasteiger partial charge is 0.235 e. The molecule has 0 bridgehead atoms. The maximum absolute atomic E-state index is 11.7. The van der Waals surface area contributed by atoms with Gasteiger partial charge in [0, 0.05) is 10.6 Å². The van der Waals surface area contributed by atoms with Crippen molar-refractivity contribution in [3.8, 4) is 5.75 Å². The molecule has 0 aromatic heterocycles. The molecule has 1 aromatic rings. The molecule has 0 saturated carbocycles. The van der Waals surface area contributed by atoms with Crippen LogP contribution in [0.15, 0.2) is 18.2 Å². The quantitative estimate of drug-likeness (QED) is 0.660. The summed E-state index contributed by atoms with van der Waals surface area (Å²) in [5.41, 5.74) is 0.379. The molecule has 0 saturated heterocycles. The lowest BCUT2D eigenvalue weighted by Gasteiger charge is -2.06. The molecule has 1 amide bonds. The van der Waals surface area contributed by atoms with Gasteiger partial charge >= 0.3 is 0 Å². The molecule has 4 nitrogen and oxygen atoms in total. The van der Waals surface area contributed by atoms with Crippen molar-refractivity contribution in [3.63, 3.8) is 0 Å². The standard InChI is InChI=1S/C11H11Cl2NO3/c1-17-9-3-7(2-8(13)4-9)10(15)6-14-11(16)5-12/h2-4H,5-6H2,1H3,(H,14,16). The minimum absolute atomic E-state index is 0.116. The van der Waals surface area contributed by atoms with E-state index < -0.39 is 5.91 Å². The lowest BCUT2D eigenvalue weighted by atomic mass is 10.1. The van der Waals surface area contributed by atoms with Crippen LogP contribution < -0.4 is 10.1 Å². The van der Waals surface area contributed by atoms with Gasteiger partial charge in [0.2, 0.25) is 5.91 Å². The van der Waals surface area contributed by atoms with Gasteiger partial charge in [0.1, 0.15) is 11.6 Å². The van der Waals surface area contributed by atoms with Gasteiger partial charge in [-0.1, -0.05) is 11.6 Å². The fraction of sp³-hybridized carbons (Fsp3) is 0.273. The van der Waals surface area contributed by atoms with E-state index in [1.807, 2.05) is 0 Å². The van der Waals surface area contributed by atoms with Crippen LogP contribution in [0.25, 0.3) is 0 Å². The van der Waals surface area contributed by atoms with Crippen LogP contribution in [0.1, 0.15) is 10.4 Å². The molecule has 0 spiro atoms. The van der Waals surface area contributed by atoms with Crippen molar-refractivity contribution in [1.82, 2.24) is 5.32 Å². The van der Waals surface area contributed by atoms with Gasteiger partial charge in [0.05, 0.1) is 13.7 Å². The highest BCUT2D eigenvalue weighted by Crippen LogP contribution is 2.20. The molecule has 0 radical (unpaired) electrons. The van der Waals surface area contributed by atoms with Gasteiger partial charge < -0.3 is 10.1 Å². The summed E-state index contributed by atoms with van der Waals surface area (Å²) in [5, 5.41) is 2.78. The number of halogens is 2. The Hall–Kier alpha value is -1.26. The Bertz CT molecular complexity index is 435. The van der Waals surface area contributed by atoms with Crippen molar-refractivity contribution in [2.75, 3.05) is 19.5 Å². The first-order chi connectivity index (χ1) is 8.06. The van der Waals surface area contributed by atoms with E-state index in [0.29, 0.717) is 16.3 Å². The second-order valence-corrected chi connectivity index (χ2v) is 3.92. The average Bonchev–Trinajstić information content (AvgIpc) is 2.34. The summed E-state index contributed by atoms with van der Waals surface area (Å²) in [6, 6.07) is 4.66. The molecule has 92 valence electrons. The first-order valence-corrected chi connectivity index (χ1v) is 5.68. The first kappa shape index (κ1) is 13.8. The summed E-state index contributed by atoms with van der Waals surface area (Å²) in [5.74, 6) is -0.339. The summed E-state index contributed by atoms with van der Waals surface area (Å²) in [6.07, 6.45) is 0. The third-order valence-electron chi connectivity index (χ3n) is 2.00. The number of benzene rings is 1. The van der Waals surface area contributed by atoms with Crippen LogP contribution in [0.5, 0.6) is 5.75 Å². The third kappa shape index (κ3) is 4.24. The number of methoxy groups -OCH3 is 1. The minimum Gasteiger partial charge on any atom is -0.497 e. The zero-order chi connectivity index (χ0) is 12.8. The van der Waals surface area contributed by atoms with Crippen molar-refractivity contribution in [2.45, 2.75) is 0 Å². The number of carbonyl (C=O) groups is 2. The molecule has 1 N–H and O–H groups in total. The van der Waals surface area contributed by atoms with Crippen LogP contribution in [0.3, 0.4) is 0 Å². The van der Waals surface area contributed by atoms with Crippen molar-refractivity contribution < 1.29 is 14.3 Å². The number of ether oxygens (including phenoxy) is 1. The number of rotatable bonds is 5. The van der Waals surface area contributed by atoms with Gasteiger partial charge in [0.15, 0.2) is 5.78 Å². The van der Waals surface area contributed by atoms with E-state index in [-0.39, 0.29) is 18.2 Å². The fourth-order valence-corrected chi connectivity index (χ4v) is 1.49. The predicted molar refractivity (Wildman–Crippen MR) is 66.1 cm³/mol. The van der Waals surface area contributed by atoms with Crippen molar-refractivity contribution in [1.29, 1.82) is 0 Å². The molecule has 1 aromatic carbocycles. The van der Waals surface area contributed by atoms with Crippen LogP contribution in [-0.2, 0) is 4.79 Å². The lowest BCUT2D eigenvalue weighted by Crippen LogP contribution is -2.30. The highest BCUT2D eigenvalue weighted by molar-refractivity contribution is 6.31. The summed E-state index contributed by atoms with van der Waals surface area (Å²) >= 11 is 11.1. The molecule has 6 heteroatoms. The molecular formula is C11H11Cl2NO3. The number of nitrogens with one attached hydrogen (secondary N) is 1. The monoisotopic (exact) mass is 275 g/mol. The Morgan fingerprint density at radius 2 is 2.06 bits per heavy atom. The predicted octanol–water partition coefficient (Wildman–Crippen LogP) is 1.89. The number of alkyl halides is 1. The van der Waals surface area contributed by atoms with E-state index in [0.717, 1.165) is 0 Å². The summed E-state index contributed by atoms with van der Waals surface area (Å²) in [7, 11) is 1.48. The Morgan fingerprint density at radius 1 is 1.35 bits per heavy atom. The lowest BCUT2D eigenvalue weighted by molar-refractivity contribution is -0.118. The second kappa shape index (κ2) is 6.47. The normalized spacial score (nSPS) is 9.82. The average molecular weight is 276 g/mol. The summed E-state index contributed by atoms with van der Waals surface area (Å²) < 4.78 is 4.99. The van der Waals surface area contributed by atoms with Gasteiger partial charge in [-0.05, 0) is 18.2 Å². The first-order valence-electron chi connectivity index (χ1n) is 4.77. The third-order valence-corrected chi connectivity index (χ3v) is 2.46. The van der Waals surface area contributed by atoms with E-state index >= 15 is 0 Å². The van der Waals surface area contributed by atoms with E-state index in [9.17, 15) is 9.59 Å². The van der Waals surface area contributed by atoms with Gasteiger partial charge in [-0.2, -0.15) is 0 Å². The van der Waals surface area contributed by atoms with Crippen LogP contribution in [0.2, 0.25) is 5.02 Å².